The molecule has 4 amide bonds. The maximum absolute atomic E-state index is 14.3. The Morgan fingerprint density at radius 3 is 2.46 bits per heavy atom. The molecule has 13 nitrogen and oxygen atoms in total. The average molecular weight is 710 g/mol. The standard InChI is InChI=1S/C36H47N5O8S/c42-32-30-19-27(48-22-24-10-6-9-23-11-8-18-37-31(23)24)21-41(30)33(43)29(38-35(45)49-26-13-7-14-26)15-5-3-1-2-4-12-25-20-36(25,39-32)34(44)40-50(46,47)28-16-17-28/h6,8-11,18,25-30H,1-5,7,12-17,19-22H2,(H,38,45)(H,39,42)(H,40,44)/t25-,27-,29+,30+,36-/m1/s1. The summed E-state index contributed by atoms with van der Waals surface area (Å²) in [6, 6.07) is 7.76. The lowest BCUT2D eigenvalue weighted by atomic mass is 9.96. The Morgan fingerprint density at radius 1 is 0.940 bits per heavy atom. The third kappa shape index (κ3) is 7.60. The molecule has 2 saturated heterocycles. The molecule has 2 aliphatic heterocycles. The Balaban J connectivity index is 1.13. The summed E-state index contributed by atoms with van der Waals surface area (Å²) in [6.07, 6.45) is 9.74. The van der Waals surface area contributed by atoms with E-state index in [1.165, 1.54) is 4.90 Å². The number of pyridine rings is 1. The van der Waals surface area contributed by atoms with E-state index in [0.29, 0.717) is 38.5 Å². The smallest absolute Gasteiger partial charge is 0.408 e. The van der Waals surface area contributed by atoms with E-state index in [1.807, 2.05) is 30.3 Å². The first-order valence-electron chi connectivity index (χ1n) is 18.2. The second-order valence-electron chi connectivity index (χ2n) is 14.7. The van der Waals surface area contributed by atoms with E-state index in [1.54, 1.807) is 6.20 Å². The SMILES string of the molecule is O=C(N[C@H]1CCCCCCC[C@@H]2C[C@@]2(C(=O)NS(=O)(=O)C2CC2)NC(=O)[C@@H]2C[C@@H](OCc3cccc4cccnc34)CN2C1=O)OC1CCC1. The van der Waals surface area contributed by atoms with Gasteiger partial charge in [-0.2, -0.15) is 0 Å². The number of alkyl carbamates (subject to hydrolysis) is 1. The molecule has 0 bridgehead atoms. The number of aromatic nitrogens is 1. The highest BCUT2D eigenvalue weighted by Gasteiger charge is 2.62. The van der Waals surface area contributed by atoms with E-state index in [-0.39, 0.29) is 31.6 Å². The zero-order chi connectivity index (χ0) is 34.9. The van der Waals surface area contributed by atoms with E-state index in [4.69, 9.17) is 9.47 Å². The van der Waals surface area contributed by atoms with Gasteiger partial charge in [-0.15, -0.1) is 0 Å². The number of amides is 4. The molecule has 0 radical (unpaired) electrons. The first-order chi connectivity index (χ1) is 24.1. The average Bonchev–Trinajstić information content (AvgIpc) is 4.00. The molecule has 3 heterocycles. The van der Waals surface area contributed by atoms with Gasteiger partial charge >= 0.3 is 6.09 Å². The molecule has 5 fully saturated rings. The van der Waals surface area contributed by atoms with Crippen LogP contribution in [-0.4, -0.2) is 83.7 Å². The normalized spacial score (nSPS) is 29.4. The van der Waals surface area contributed by atoms with Crippen LogP contribution < -0.4 is 15.4 Å². The Hall–Kier alpha value is -3.78. The highest BCUT2D eigenvalue weighted by Crippen LogP contribution is 2.48. The molecular formula is C36H47N5O8S. The summed E-state index contributed by atoms with van der Waals surface area (Å²) in [5.41, 5.74) is 0.306. The van der Waals surface area contributed by atoms with Gasteiger partial charge in [-0.1, -0.05) is 56.4 Å². The molecule has 14 heteroatoms. The van der Waals surface area contributed by atoms with Crippen LogP contribution in [0.3, 0.4) is 0 Å². The minimum absolute atomic E-state index is 0.101. The number of para-hydroxylation sites is 1. The highest BCUT2D eigenvalue weighted by molar-refractivity contribution is 7.91. The molecule has 50 heavy (non-hydrogen) atoms. The summed E-state index contributed by atoms with van der Waals surface area (Å²) in [5, 5.41) is 6.12. The third-order valence-electron chi connectivity index (χ3n) is 11.1. The van der Waals surface area contributed by atoms with Gasteiger partial charge in [0.05, 0.1) is 23.5 Å². The molecule has 0 spiro atoms. The number of hydrogen-bond donors (Lipinski definition) is 3. The monoisotopic (exact) mass is 709 g/mol. The highest BCUT2D eigenvalue weighted by atomic mass is 32.2. The number of hydrogen-bond acceptors (Lipinski definition) is 9. The summed E-state index contributed by atoms with van der Waals surface area (Å²) in [7, 11) is -3.83. The summed E-state index contributed by atoms with van der Waals surface area (Å²) in [6.45, 7) is 0.307. The van der Waals surface area contributed by atoms with E-state index >= 15 is 0 Å². The van der Waals surface area contributed by atoms with Crippen LogP contribution in [0, 0.1) is 5.92 Å². The van der Waals surface area contributed by atoms with Crippen molar-refractivity contribution >= 4 is 44.7 Å². The molecule has 5 aliphatic rings. The summed E-state index contributed by atoms with van der Waals surface area (Å²) in [5.74, 6) is -1.87. The van der Waals surface area contributed by atoms with E-state index in [9.17, 15) is 27.6 Å². The van der Waals surface area contributed by atoms with Crippen LogP contribution in [-0.2, 0) is 40.5 Å². The largest absolute Gasteiger partial charge is 0.446 e. The van der Waals surface area contributed by atoms with Crippen molar-refractivity contribution in [2.75, 3.05) is 6.54 Å². The van der Waals surface area contributed by atoms with Gasteiger partial charge in [0.25, 0.3) is 5.91 Å². The van der Waals surface area contributed by atoms with Gasteiger partial charge in [0.1, 0.15) is 23.7 Å². The topological polar surface area (TPSA) is 173 Å². The second kappa shape index (κ2) is 14.5. The minimum atomic E-state index is -3.83. The van der Waals surface area contributed by atoms with Gasteiger partial charge < -0.3 is 25.0 Å². The lowest BCUT2D eigenvalue weighted by molar-refractivity contribution is -0.141. The number of carbonyl (C=O) groups excluding carboxylic acids is 4. The van der Waals surface area contributed by atoms with Crippen LogP contribution in [0.4, 0.5) is 4.79 Å². The first kappa shape index (κ1) is 34.7. The Kier molecular flexibility index (Phi) is 10.0. The lowest BCUT2D eigenvalue weighted by Gasteiger charge is -2.31. The maximum atomic E-state index is 14.3. The number of rotatable bonds is 8. The quantitative estimate of drug-likeness (QED) is 0.370. The van der Waals surface area contributed by atoms with Crippen LogP contribution >= 0.6 is 0 Å². The molecule has 3 aliphatic carbocycles. The van der Waals surface area contributed by atoms with Crippen LogP contribution in [0.25, 0.3) is 10.9 Å². The van der Waals surface area contributed by atoms with E-state index in [0.717, 1.165) is 61.4 Å². The zero-order valence-electron chi connectivity index (χ0n) is 28.3. The molecule has 7 rings (SSSR count). The maximum Gasteiger partial charge on any atom is 0.408 e. The van der Waals surface area contributed by atoms with Crippen LogP contribution in [0.15, 0.2) is 36.5 Å². The van der Waals surface area contributed by atoms with Crippen LogP contribution in [0.1, 0.15) is 95.5 Å². The molecule has 1 aromatic heterocycles. The fourth-order valence-electron chi connectivity index (χ4n) is 7.60. The Labute approximate surface area is 292 Å². The molecule has 0 unspecified atom stereocenters. The van der Waals surface area contributed by atoms with Crippen molar-refractivity contribution in [2.45, 2.75) is 132 Å². The number of fused-ring (bicyclic) bond motifs is 3. The number of ether oxygens (including phenoxy) is 2. The lowest BCUT2D eigenvalue weighted by Crippen LogP contribution is -2.58. The predicted octanol–water partition coefficient (Wildman–Crippen LogP) is 3.60. The number of sulfonamides is 1. The molecule has 5 atom stereocenters. The van der Waals surface area contributed by atoms with Crippen molar-refractivity contribution in [1.82, 2.24) is 25.2 Å². The van der Waals surface area contributed by atoms with E-state index in [2.05, 4.69) is 20.3 Å². The number of carbonyl (C=O) groups is 4. The molecule has 1 aromatic carbocycles. The molecule has 3 N–H and O–H groups in total. The van der Waals surface area contributed by atoms with Gasteiger partial charge in [-0.3, -0.25) is 24.1 Å². The number of benzene rings is 1. The van der Waals surface area contributed by atoms with Gasteiger partial charge in [0.15, 0.2) is 0 Å². The molecular weight excluding hydrogens is 662 g/mol. The molecule has 3 saturated carbocycles. The zero-order valence-corrected chi connectivity index (χ0v) is 29.1. The van der Waals surface area contributed by atoms with Crippen molar-refractivity contribution in [3.63, 3.8) is 0 Å². The number of nitrogens with zero attached hydrogens (tertiary/aromatic N) is 2. The van der Waals surface area contributed by atoms with E-state index < -0.39 is 62.8 Å². The predicted molar refractivity (Wildman–Crippen MR) is 183 cm³/mol. The van der Waals surface area contributed by atoms with Crippen LogP contribution in [0.2, 0.25) is 0 Å². The first-order valence-corrected chi connectivity index (χ1v) is 19.8. The summed E-state index contributed by atoms with van der Waals surface area (Å²) in [4.78, 5) is 61.1. The van der Waals surface area contributed by atoms with Gasteiger partial charge in [-0.05, 0) is 63.4 Å². The third-order valence-corrected chi connectivity index (χ3v) is 12.9. The van der Waals surface area contributed by atoms with Crippen molar-refractivity contribution < 1.29 is 37.1 Å². The van der Waals surface area contributed by atoms with Gasteiger partial charge in [0.2, 0.25) is 21.8 Å². The van der Waals surface area contributed by atoms with Crippen molar-refractivity contribution in [2.24, 2.45) is 5.92 Å². The second-order valence-corrected chi connectivity index (χ2v) is 16.7. The Bertz CT molecular complexity index is 1720. The van der Waals surface area contributed by atoms with Crippen molar-refractivity contribution in [1.29, 1.82) is 0 Å². The molecule has 270 valence electrons. The van der Waals surface area contributed by atoms with Crippen LogP contribution in [0.5, 0.6) is 0 Å². The van der Waals surface area contributed by atoms with Gasteiger partial charge in [0, 0.05) is 30.1 Å². The van der Waals surface area contributed by atoms with Gasteiger partial charge in [-0.25, -0.2) is 13.2 Å². The summed E-state index contributed by atoms with van der Waals surface area (Å²) >= 11 is 0. The minimum Gasteiger partial charge on any atom is -0.446 e. The Morgan fingerprint density at radius 2 is 1.70 bits per heavy atom. The number of nitrogens with one attached hydrogen (secondary N) is 3. The fourth-order valence-corrected chi connectivity index (χ4v) is 8.96. The summed E-state index contributed by atoms with van der Waals surface area (Å²) < 4.78 is 39.7. The van der Waals surface area contributed by atoms with Crippen molar-refractivity contribution in [3.8, 4) is 0 Å². The van der Waals surface area contributed by atoms with Crippen molar-refractivity contribution in [3.05, 3.63) is 42.1 Å². The fraction of sp³-hybridized carbons (Fsp3) is 0.639. The molecule has 2 aromatic rings.